The van der Waals surface area contributed by atoms with E-state index in [-0.39, 0.29) is 5.56 Å². The Morgan fingerprint density at radius 3 is 2.48 bits per heavy atom. The molecule has 4 nitrogen and oxygen atoms in total. The monoisotopic (exact) mass is 349 g/mol. The molecule has 0 saturated heterocycles. The lowest BCUT2D eigenvalue weighted by molar-refractivity contribution is 0.749. The number of aryl methyl sites for hydroxylation is 1. The molecule has 0 saturated carbocycles. The quantitative estimate of drug-likeness (QED) is 0.556. The van der Waals surface area contributed by atoms with Crippen molar-refractivity contribution in [3.8, 4) is 11.3 Å². The van der Waals surface area contributed by atoms with Crippen molar-refractivity contribution >= 4 is 17.4 Å². The molecular weight excluding hydrogens is 334 g/mol. The van der Waals surface area contributed by atoms with Crippen molar-refractivity contribution in [3.63, 3.8) is 0 Å². The summed E-state index contributed by atoms with van der Waals surface area (Å²) in [7, 11) is 0. The molecule has 0 amide bonds. The largest absolute Gasteiger partial charge is 0.311 e. The molecule has 0 aliphatic carbocycles. The number of nitrogens with zero attached hydrogens (tertiary/aromatic N) is 3. The van der Waals surface area contributed by atoms with Crippen LogP contribution in [0.5, 0.6) is 0 Å². The smallest absolute Gasteiger partial charge is 0.259 e. The molecule has 5 heteroatoms. The van der Waals surface area contributed by atoms with Gasteiger partial charge in [-0.15, -0.1) is 0 Å². The topological polar surface area (TPSA) is 39.3 Å². The van der Waals surface area contributed by atoms with E-state index < -0.39 is 0 Å². The minimum Gasteiger partial charge on any atom is -0.311 e. The Morgan fingerprint density at radius 1 is 1.04 bits per heavy atom. The Balaban J connectivity index is 1.88. The highest BCUT2D eigenvalue weighted by Gasteiger charge is 2.12. The summed E-state index contributed by atoms with van der Waals surface area (Å²) < 4.78 is 3.65. The molecule has 0 radical (unpaired) electrons. The maximum atomic E-state index is 12.4. The van der Waals surface area contributed by atoms with E-state index in [1.54, 1.807) is 16.7 Å². The third-order valence-electron chi connectivity index (χ3n) is 4.25. The molecule has 4 aromatic rings. The zero-order valence-electron chi connectivity index (χ0n) is 13.7. The summed E-state index contributed by atoms with van der Waals surface area (Å²) in [5.41, 5.74) is 3.64. The molecule has 0 bridgehead atoms. The van der Waals surface area contributed by atoms with Crippen LogP contribution < -0.4 is 5.56 Å². The summed E-state index contributed by atoms with van der Waals surface area (Å²) >= 11 is 5.96. The highest BCUT2D eigenvalue weighted by molar-refractivity contribution is 6.30. The predicted molar refractivity (Wildman–Crippen MR) is 100 cm³/mol. The number of halogens is 1. The van der Waals surface area contributed by atoms with Crippen molar-refractivity contribution in [3.05, 3.63) is 93.5 Å². The van der Waals surface area contributed by atoms with Gasteiger partial charge in [0, 0.05) is 28.5 Å². The Bertz CT molecular complexity index is 1100. The molecule has 2 aromatic heterocycles. The molecule has 4 rings (SSSR count). The SMILES string of the molecule is Cc1cc(=O)n2cc(-c3ccc(Cl)cc3)nc2n1Cc1ccccc1. The van der Waals surface area contributed by atoms with Crippen LogP contribution in [0.2, 0.25) is 5.02 Å². The first-order valence-corrected chi connectivity index (χ1v) is 8.39. The van der Waals surface area contributed by atoms with Gasteiger partial charge in [-0.25, -0.2) is 4.98 Å². The molecule has 0 atom stereocenters. The minimum absolute atomic E-state index is 0.0791. The second-order valence-corrected chi connectivity index (χ2v) is 6.44. The summed E-state index contributed by atoms with van der Waals surface area (Å²) in [4.78, 5) is 17.1. The van der Waals surface area contributed by atoms with Gasteiger partial charge in [-0.1, -0.05) is 54.1 Å². The van der Waals surface area contributed by atoms with Gasteiger partial charge in [0.15, 0.2) is 0 Å². The lowest BCUT2D eigenvalue weighted by atomic mass is 10.2. The van der Waals surface area contributed by atoms with Gasteiger partial charge in [0.1, 0.15) is 0 Å². The van der Waals surface area contributed by atoms with Gasteiger partial charge in [0.25, 0.3) is 5.56 Å². The molecule has 0 N–H and O–H groups in total. The molecule has 0 fully saturated rings. The maximum absolute atomic E-state index is 12.4. The van der Waals surface area contributed by atoms with E-state index >= 15 is 0 Å². The van der Waals surface area contributed by atoms with E-state index in [0.717, 1.165) is 22.5 Å². The first-order valence-electron chi connectivity index (χ1n) is 8.01. The van der Waals surface area contributed by atoms with Gasteiger partial charge >= 0.3 is 0 Å². The van der Waals surface area contributed by atoms with Crippen molar-refractivity contribution in [2.75, 3.05) is 0 Å². The average molecular weight is 350 g/mol. The van der Waals surface area contributed by atoms with Gasteiger partial charge < -0.3 is 4.57 Å². The van der Waals surface area contributed by atoms with Crippen LogP contribution in [-0.2, 0) is 6.54 Å². The number of benzene rings is 2. The Hall–Kier alpha value is -2.85. The zero-order chi connectivity index (χ0) is 17.4. The van der Waals surface area contributed by atoms with Gasteiger partial charge in [-0.3, -0.25) is 9.20 Å². The van der Waals surface area contributed by atoms with Crippen LogP contribution in [0.3, 0.4) is 0 Å². The summed E-state index contributed by atoms with van der Waals surface area (Å²) in [6, 6.07) is 19.2. The molecule has 25 heavy (non-hydrogen) atoms. The second kappa shape index (κ2) is 6.22. The first-order chi connectivity index (χ1) is 12.1. The zero-order valence-corrected chi connectivity index (χ0v) is 14.4. The van der Waals surface area contributed by atoms with Crippen molar-refractivity contribution in [2.45, 2.75) is 13.5 Å². The normalized spacial score (nSPS) is 11.1. The number of hydrogen-bond donors (Lipinski definition) is 0. The fourth-order valence-corrected chi connectivity index (χ4v) is 3.05. The summed E-state index contributed by atoms with van der Waals surface area (Å²) in [6.07, 6.45) is 1.78. The summed E-state index contributed by atoms with van der Waals surface area (Å²) in [5, 5.41) is 0.673. The summed E-state index contributed by atoms with van der Waals surface area (Å²) in [6.45, 7) is 2.59. The fraction of sp³-hybridized carbons (Fsp3) is 0.100. The van der Waals surface area contributed by atoms with E-state index in [1.807, 2.05) is 49.4 Å². The van der Waals surface area contributed by atoms with Crippen LogP contribution in [0.1, 0.15) is 11.3 Å². The van der Waals surface area contributed by atoms with E-state index in [0.29, 0.717) is 17.3 Å². The first kappa shape index (κ1) is 15.7. The molecule has 2 heterocycles. The van der Waals surface area contributed by atoms with Gasteiger partial charge in [-0.05, 0) is 24.6 Å². The summed E-state index contributed by atoms with van der Waals surface area (Å²) in [5.74, 6) is 0.638. The molecule has 124 valence electrons. The van der Waals surface area contributed by atoms with E-state index in [2.05, 4.69) is 16.7 Å². The number of rotatable bonds is 3. The lowest BCUT2D eigenvalue weighted by Gasteiger charge is -2.12. The van der Waals surface area contributed by atoms with E-state index in [1.165, 1.54) is 0 Å². The van der Waals surface area contributed by atoms with E-state index in [9.17, 15) is 4.79 Å². The minimum atomic E-state index is -0.0791. The van der Waals surface area contributed by atoms with Crippen LogP contribution in [0, 0.1) is 6.92 Å². The molecular formula is C20H16ClN3O. The number of aromatic nitrogens is 3. The van der Waals surface area contributed by atoms with E-state index in [4.69, 9.17) is 16.6 Å². The van der Waals surface area contributed by atoms with Crippen molar-refractivity contribution in [1.82, 2.24) is 14.0 Å². The highest BCUT2D eigenvalue weighted by Crippen LogP contribution is 2.21. The highest BCUT2D eigenvalue weighted by atomic mass is 35.5. The third-order valence-corrected chi connectivity index (χ3v) is 4.50. The average Bonchev–Trinajstić information content (AvgIpc) is 3.06. The number of fused-ring (bicyclic) bond motifs is 1. The fourth-order valence-electron chi connectivity index (χ4n) is 2.93. The Morgan fingerprint density at radius 2 is 1.76 bits per heavy atom. The van der Waals surface area contributed by atoms with Gasteiger partial charge in [0.2, 0.25) is 5.78 Å². The van der Waals surface area contributed by atoms with Crippen LogP contribution >= 0.6 is 11.6 Å². The molecule has 0 spiro atoms. The maximum Gasteiger partial charge on any atom is 0.259 e. The molecule has 2 aromatic carbocycles. The van der Waals surface area contributed by atoms with Crippen LogP contribution in [0.25, 0.3) is 17.0 Å². The Kier molecular flexibility index (Phi) is 3.90. The Labute approximate surface area is 150 Å². The van der Waals surface area contributed by atoms with Crippen LogP contribution in [0.15, 0.2) is 71.7 Å². The van der Waals surface area contributed by atoms with Crippen molar-refractivity contribution in [2.24, 2.45) is 0 Å². The molecule has 0 aliphatic heterocycles. The predicted octanol–water partition coefficient (Wildman–Crippen LogP) is 4.17. The van der Waals surface area contributed by atoms with Crippen molar-refractivity contribution in [1.29, 1.82) is 0 Å². The number of imidazole rings is 1. The van der Waals surface area contributed by atoms with Crippen LogP contribution in [-0.4, -0.2) is 14.0 Å². The van der Waals surface area contributed by atoms with Crippen molar-refractivity contribution < 1.29 is 0 Å². The van der Waals surface area contributed by atoms with Gasteiger partial charge in [-0.2, -0.15) is 0 Å². The molecule has 0 unspecified atom stereocenters. The van der Waals surface area contributed by atoms with Gasteiger partial charge in [0.05, 0.1) is 12.2 Å². The van der Waals surface area contributed by atoms with Crippen LogP contribution in [0.4, 0.5) is 0 Å². The standard InChI is InChI=1S/C20H16ClN3O/c1-14-11-19(25)24-13-18(16-7-9-17(21)10-8-16)22-20(24)23(14)12-15-5-3-2-4-6-15/h2-11,13H,12H2,1H3. The second-order valence-electron chi connectivity index (χ2n) is 6.00. The lowest BCUT2D eigenvalue weighted by Crippen LogP contribution is -2.19. The third kappa shape index (κ3) is 2.96. The molecule has 0 aliphatic rings. The number of hydrogen-bond acceptors (Lipinski definition) is 2.